The highest BCUT2D eigenvalue weighted by Gasteiger charge is 2.13. The van der Waals surface area contributed by atoms with Crippen molar-refractivity contribution in [3.63, 3.8) is 0 Å². The van der Waals surface area contributed by atoms with Crippen LogP contribution in [0.15, 0.2) is 18.2 Å². The molecule has 126 valence electrons. The number of carbonyl (C=O) groups is 1. The minimum Gasteiger partial charge on any atom is -0.337 e. The number of hydrogen-bond donors (Lipinski definition) is 1. The third-order valence-electron chi connectivity index (χ3n) is 3.07. The van der Waals surface area contributed by atoms with Crippen molar-refractivity contribution in [1.82, 2.24) is 15.1 Å². The third kappa shape index (κ3) is 7.65. The van der Waals surface area contributed by atoms with E-state index in [0.717, 1.165) is 25.1 Å². The van der Waals surface area contributed by atoms with Gasteiger partial charge in [0, 0.05) is 13.1 Å². The van der Waals surface area contributed by atoms with Gasteiger partial charge in [-0.2, -0.15) is 0 Å². The molecule has 0 aliphatic heterocycles. The van der Waals surface area contributed by atoms with Crippen LogP contribution in [0.2, 0.25) is 10.0 Å². The molecule has 1 N–H and O–H groups in total. The highest BCUT2D eigenvalue weighted by atomic mass is 35.5. The van der Waals surface area contributed by atoms with Crippen LogP contribution < -0.4 is 5.32 Å². The van der Waals surface area contributed by atoms with Crippen molar-refractivity contribution in [1.29, 1.82) is 0 Å². The number of likely N-dealkylation sites (N-methyl/N-ethyl adjacent to an activating group) is 1. The molecule has 7 heteroatoms. The van der Waals surface area contributed by atoms with Gasteiger partial charge in [-0.15, -0.1) is 12.4 Å². The molecule has 0 bridgehead atoms. The summed E-state index contributed by atoms with van der Waals surface area (Å²) in [7, 11) is 5.83. The lowest BCUT2D eigenvalue weighted by Crippen LogP contribution is -2.38. The fourth-order valence-electron chi connectivity index (χ4n) is 1.99. The summed E-state index contributed by atoms with van der Waals surface area (Å²) in [5.74, 6) is 0.0855. The number of benzene rings is 1. The molecule has 1 rings (SSSR count). The molecule has 1 amide bonds. The van der Waals surface area contributed by atoms with E-state index in [1.807, 2.05) is 31.1 Å². The van der Waals surface area contributed by atoms with Crippen molar-refractivity contribution < 1.29 is 4.79 Å². The first-order valence-corrected chi connectivity index (χ1v) is 7.70. The Hall–Kier alpha value is -0.520. The number of rotatable bonds is 8. The van der Waals surface area contributed by atoms with E-state index in [4.69, 9.17) is 23.2 Å². The standard InChI is InChI=1S/C15H23Cl2N3O.ClH/c1-18-10-15(21)20(8-4-7-19(2)3)11-12-5-6-13(16)14(17)9-12;/h5-6,9,18H,4,7-8,10-11H2,1-3H3;1H. The van der Waals surface area contributed by atoms with Gasteiger partial charge >= 0.3 is 0 Å². The van der Waals surface area contributed by atoms with E-state index >= 15 is 0 Å². The van der Waals surface area contributed by atoms with E-state index in [1.54, 1.807) is 13.1 Å². The van der Waals surface area contributed by atoms with Crippen molar-refractivity contribution in [2.75, 3.05) is 40.8 Å². The molecular weight excluding hydrogens is 345 g/mol. The van der Waals surface area contributed by atoms with Crippen molar-refractivity contribution in [2.45, 2.75) is 13.0 Å². The Labute approximate surface area is 149 Å². The zero-order chi connectivity index (χ0) is 15.8. The molecular formula is C15H24Cl3N3O. The van der Waals surface area contributed by atoms with Crippen molar-refractivity contribution in [3.05, 3.63) is 33.8 Å². The summed E-state index contributed by atoms with van der Waals surface area (Å²) in [6.45, 7) is 2.55. The van der Waals surface area contributed by atoms with Gasteiger partial charge in [0.2, 0.25) is 5.91 Å². The summed E-state index contributed by atoms with van der Waals surface area (Å²) in [4.78, 5) is 16.1. The first-order valence-electron chi connectivity index (χ1n) is 6.95. The summed E-state index contributed by atoms with van der Waals surface area (Å²) >= 11 is 11.9. The van der Waals surface area contributed by atoms with Crippen LogP contribution in [-0.4, -0.2) is 56.5 Å². The van der Waals surface area contributed by atoms with Gasteiger partial charge in [0.15, 0.2) is 0 Å². The van der Waals surface area contributed by atoms with E-state index in [0.29, 0.717) is 23.1 Å². The maximum Gasteiger partial charge on any atom is 0.236 e. The minimum atomic E-state index is 0. The van der Waals surface area contributed by atoms with E-state index in [1.165, 1.54) is 0 Å². The highest BCUT2D eigenvalue weighted by molar-refractivity contribution is 6.42. The number of hydrogen-bond acceptors (Lipinski definition) is 3. The fourth-order valence-corrected chi connectivity index (χ4v) is 2.31. The largest absolute Gasteiger partial charge is 0.337 e. The molecule has 0 fully saturated rings. The van der Waals surface area contributed by atoms with Gasteiger partial charge < -0.3 is 15.1 Å². The molecule has 0 saturated heterocycles. The van der Waals surface area contributed by atoms with Crippen LogP contribution in [0.5, 0.6) is 0 Å². The predicted octanol–water partition coefficient (Wildman–Crippen LogP) is 2.91. The Balaban J connectivity index is 0.00000441. The summed E-state index contributed by atoms with van der Waals surface area (Å²) in [6.07, 6.45) is 0.934. The van der Waals surface area contributed by atoms with E-state index in [9.17, 15) is 4.79 Å². The molecule has 0 aromatic heterocycles. The topological polar surface area (TPSA) is 35.6 Å². The van der Waals surface area contributed by atoms with Crippen LogP contribution in [-0.2, 0) is 11.3 Å². The molecule has 0 heterocycles. The lowest BCUT2D eigenvalue weighted by atomic mass is 10.2. The van der Waals surface area contributed by atoms with Crippen LogP contribution in [0.3, 0.4) is 0 Å². The quantitative estimate of drug-likeness (QED) is 0.766. The van der Waals surface area contributed by atoms with Gasteiger partial charge in [0.1, 0.15) is 0 Å². The summed E-state index contributed by atoms with van der Waals surface area (Å²) in [5.41, 5.74) is 0.985. The molecule has 22 heavy (non-hydrogen) atoms. The lowest BCUT2D eigenvalue weighted by molar-refractivity contribution is -0.130. The van der Waals surface area contributed by atoms with Crippen LogP contribution >= 0.6 is 35.6 Å². The summed E-state index contributed by atoms with van der Waals surface area (Å²) < 4.78 is 0. The van der Waals surface area contributed by atoms with Gasteiger partial charge in [0.05, 0.1) is 16.6 Å². The van der Waals surface area contributed by atoms with Gasteiger partial charge in [-0.25, -0.2) is 0 Å². The average Bonchev–Trinajstić information content (AvgIpc) is 2.41. The number of amides is 1. The molecule has 0 atom stereocenters. The van der Waals surface area contributed by atoms with Gasteiger partial charge in [0.25, 0.3) is 0 Å². The number of nitrogens with zero attached hydrogens (tertiary/aromatic N) is 2. The lowest BCUT2D eigenvalue weighted by Gasteiger charge is -2.24. The first kappa shape index (κ1) is 21.5. The Morgan fingerprint density at radius 2 is 1.86 bits per heavy atom. The molecule has 0 aliphatic carbocycles. The zero-order valence-corrected chi connectivity index (χ0v) is 15.6. The predicted molar refractivity (Wildman–Crippen MR) is 96.2 cm³/mol. The SMILES string of the molecule is CNCC(=O)N(CCCN(C)C)Cc1ccc(Cl)c(Cl)c1.Cl. The first-order chi connectivity index (χ1) is 9.93. The second kappa shape index (κ2) is 11.1. The van der Waals surface area contributed by atoms with Crippen LogP contribution in [0, 0.1) is 0 Å². The Kier molecular flexibility index (Phi) is 10.8. The normalized spacial score (nSPS) is 10.5. The molecule has 1 aromatic rings. The van der Waals surface area contributed by atoms with Gasteiger partial charge in [-0.1, -0.05) is 29.3 Å². The van der Waals surface area contributed by atoms with E-state index < -0.39 is 0 Å². The third-order valence-corrected chi connectivity index (χ3v) is 3.81. The molecule has 0 spiro atoms. The van der Waals surface area contributed by atoms with Crippen molar-refractivity contribution in [3.8, 4) is 0 Å². The van der Waals surface area contributed by atoms with Crippen LogP contribution in [0.1, 0.15) is 12.0 Å². The second-order valence-corrected chi connectivity index (χ2v) is 6.07. The Bertz CT molecular complexity index is 469. The highest BCUT2D eigenvalue weighted by Crippen LogP contribution is 2.23. The maximum atomic E-state index is 12.2. The molecule has 0 saturated carbocycles. The van der Waals surface area contributed by atoms with Crippen molar-refractivity contribution in [2.24, 2.45) is 0 Å². The molecule has 1 aromatic carbocycles. The minimum absolute atomic E-state index is 0. The van der Waals surface area contributed by atoms with E-state index in [-0.39, 0.29) is 18.3 Å². The maximum absolute atomic E-state index is 12.2. The monoisotopic (exact) mass is 367 g/mol. The molecule has 0 radical (unpaired) electrons. The zero-order valence-electron chi connectivity index (χ0n) is 13.2. The Morgan fingerprint density at radius 3 is 2.41 bits per heavy atom. The van der Waals surface area contributed by atoms with Crippen LogP contribution in [0.4, 0.5) is 0 Å². The molecule has 4 nitrogen and oxygen atoms in total. The van der Waals surface area contributed by atoms with Gasteiger partial charge in [-0.05, 0) is 51.8 Å². The number of nitrogens with one attached hydrogen (secondary N) is 1. The summed E-state index contributed by atoms with van der Waals surface area (Å²) in [5, 5.41) is 3.95. The van der Waals surface area contributed by atoms with E-state index in [2.05, 4.69) is 10.2 Å². The smallest absolute Gasteiger partial charge is 0.236 e. The Morgan fingerprint density at radius 1 is 1.18 bits per heavy atom. The number of carbonyl (C=O) groups excluding carboxylic acids is 1. The van der Waals surface area contributed by atoms with Crippen molar-refractivity contribution >= 4 is 41.5 Å². The van der Waals surface area contributed by atoms with Gasteiger partial charge in [-0.3, -0.25) is 4.79 Å². The fraction of sp³-hybridized carbons (Fsp3) is 0.533. The second-order valence-electron chi connectivity index (χ2n) is 5.25. The van der Waals surface area contributed by atoms with Crippen LogP contribution in [0.25, 0.3) is 0 Å². The average molecular weight is 369 g/mol. The molecule has 0 aliphatic rings. The molecule has 0 unspecified atom stereocenters. The summed E-state index contributed by atoms with van der Waals surface area (Å²) in [6, 6.07) is 5.48. The number of halogens is 3.